The molecule has 0 unspecified atom stereocenters. The van der Waals surface area contributed by atoms with E-state index in [9.17, 15) is 4.79 Å². The third-order valence-electron chi connectivity index (χ3n) is 2.17. The van der Waals surface area contributed by atoms with Crippen LogP contribution in [0.25, 0.3) is 0 Å². The normalized spacial score (nSPS) is 10.4. The zero-order valence-corrected chi connectivity index (χ0v) is 13.5. The van der Waals surface area contributed by atoms with Gasteiger partial charge in [-0.15, -0.1) is 11.3 Å². The van der Waals surface area contributed by atoms with Crippen molar-refractivity contribution in [3.63, 3.8) is 0 Å². The minimum Gasteiger partial charge on any atom is -0.351 e. The Morgan fingerprint density at radius 1 is 1.38 bits per heavy atom. The lowest BCUT2D eigenvalue weighted by Gasteiger charge is -2.03. The number of carbonyl (C=O) groups excluding carboxylic acids is 1. The van der Waals surface area contributed by atoms with Crippen LogP contribution in [0, 0.1) is 0 Å². The van der Waals surface area contributed by atoms with Gasteiger partial charge in [0.15, 0.2) is 0 Å². The Bertz CT molecular complexity index is 330. The van der Waals surface area contributed by atoms with Crippen LogP contribution in [0.2, 0.25) is 0 Å². The van der Waals surface area contributed by atoms with Gasteiger partial charge in [0, 0.05) is 11.0 Å². The SMILES string of the molecule is O=C(NCCCCCCI)c1sccc1Br. The number of hydrogen-bond donors (Lipinski definition) is 1. The maximum atomic E-state index is 11.7. The highest BCUT2D eigenvalue weighted by atomic mass is 127. The van der Waals surface area contributed by atoms with Crippen LogP contribution >= 0.6 is 49.9 Å². The number of thiophene rings is 1. The van der Waals surface area contributed by atoms with Gasteiger partial charge in [-0.1, -0.05) is 35.4 Å². The number of alkyl halides is 1. The summed E-state index contributed by atoms with van der Waals surface area (Å²) in [5.74, 6) is 0.0377. The van der Waals surface area contributed by atoms with Crippen LogP contribution in [0.5, 0.6) is 0 Å². The van der Waals surface area contributed by atoms with Crippen molar-refractivity contribution in [3.05, 3.63) is 20.8 Å². The minimum absolute atomic E-state index is 0.0377. The van der Waals surface area contributed by atoms with Crippen molar-refractivity contribution in [2.45, 2.75) is 25.7 Å². The molecule has 1 aromatic heterocycles. The van der Waals surface area contributed by atoms with Crippen molar-refractivity contribution in [2.75, 3.05) is 11.0 Å². The number of hydrogen-bond acceptors (Lipinski definition) is 2. The standard InChI is InChI=1S/C11H15BrINOS/c12-9-5-8-16-10(9)11(15)14-7-4-2-1-3-6-13/h5,8H,1-4,6-7H2,(H,14,15). The monoisotopic (exact) mass is 415 g/mol. The lowest BCUT2D eigenvalue weighted by molar-refractivity contribution is 0.0956. The number of halogens is 2. The summed E-state index contributed by atoms with van der Waals surface area (Å²) in [5.41, 5.74) is 0. The molecule has 0 fully saturated rings. The van der Waals surface area contributed by atoms with E-state index in [0.717, 1.165) is 22.3 Å². The third-order valence-corrected chi connectivity index (χ3v) is 4.77. The predicted molar refractivity (Wildman–Crippen MR) is 81.7 cm³/mol. The van der Waals surface area contributed by atoms with Gasteiger partial charge in [-0.3, -0.25) is 4.79 Å². The Kier molecular flexibility index (Phi) is 7.64. The average Bonchev–Trinajstić information content (AvgIpc) is 2.69. The van der Waals surface area contributed by atoms with Gasteiger partial charge in [0.2, 0.25) is 0 Å². The van der Waals surface area contributed by atoms with E-state index in [1.54, 1.807) is 0 Å². The first-order valence-corrected chi connectivity index (χ1v) is 8.52. The molecule has 1 rings (SSSR count). The Balaban J connectivity index is 2.14. The molecule has 0 radical (unpaired) electrons. The van der Waals surface area contributed by atoms with E-state index in [1.807, 2.05) is 11.4 Å². The Morgan fingerprint density at radius 2 is 2.12 bits per heavy atom. The first-order valence-electron chi connectivity index (χ1n) is 5.33. The van der Waals surface area contributed by atoms with Crippen molar-refractivity contribution in [1.29, 1.82) is 0 Å². The summed E-state index contributed by atoms with van der Waals surface area (Å²) < 4.78 is 2.12. The summed E-state index contributed by atoms with van der Waals surface area (Å²) in [6.45, 7) is 0.782. The minimum atomic E-state index is 0.0377. The first-order chi connectivity index (χ1) is 7.75. The van der Waals surface area contributed by atoms with E-state index in [2.05, 4.69) is 43.8 Å². The summed E-state index contributed by atoms with van der Waals surface area (Å²) in [5, 5.41) is 4.86. The van der Waals surface area contributed by atoms with Crippen molar-refractivity contribution in [2.24, 2.45) is 0 Å². The molecule has 0 saturated heterocycles. The molecule has 0 saturated carbocycles. The van der Waals surface area contributed by atoms with E-state index < -0.39 is 0 Å². The molecule has 1 heterocycles. The maximum Gasteiger partial charge on any atom is 0.262 e. The lowest BCUT2D eigenvalue weighted by atomic mass is 10.2. The van der Waals surface area contributed by atoms with Gasteiger partial charge in [-0.05, 0) is 44.6 Å². The molecule has 90 valence electrons. The number of amides is 1. The van der Waals surface area contributed by atoms with Crippen LogP contribution in [-0.2, 0) is 0 Å². The van der Waals surface area contributed by atoms with E-state index >= 15 is 0 Å². The van der Waals surface area contributed by atoms with E-state index in [4.69, 9.17) is 0 Å². The topological polar surface area (TPSA) is 29.1 Å². The fraction of sp³-hybridized carbons (Fsp3) is 0.545. The van der Waals surface area contributed by atoms with Crippen LogP contribution in [0.1, 0.15) is 35.4 Å². The van der Waals surface area contributed by atoms with Crippen molar-refractivity contribution >= 4 is 55.8 Å². The molecule has 1 amide bonds. The highest BCUT2D eigenvalue weighted by molar-refractivity contribution is 14.1. The summed E-state index contributed by atoms with van der Waals surface area (Å²) in [6.07, 6.45) is 4.83. The lowest BCUT2D eigenvalue weighted by Crippen LogP contribution is -2.23. The molecule has 0 aromatic carbocycles. The van der Waals surface area contributed by atoms with Gasteiger partial charge in [0.05, 0.1) is 0 Å². The van der Waals surface area contributed by atoms with E-state index in [1.165, 1.54) is 35.0 Å². The van der Waals surface area contributed by atoms with Crippen LogP contribution in [0.15, 0.2) is 15.9 Å². The van der Waals surface area contributed by atoms with Crippen LogP contribution in [0.4, 0.5) is 0 Å². The molecule has 0 atom stereocenters. The third kappa shape index (κ3) is 5.14. The highest BCUT2D eigenvalue weighted by Gasteiger charge is 2.09. The Labute approximate surface area is 122 Å². The van der Waals surface area contributed by atoms with E-state index in [-0.39, 0.29) is 5.91 Å². The zero-order valence-electron chi connectivity index (χ0n) is 8.97. The molecular formula is C11H15BrINOS. The van der Waals surface area contributed by atoms with Crippen molar-refractivity contribution in [3.8, 4) is 0 Å². The summed E-state index contributed by atoms with van der Waals surface area (Å²) >= 11 is 7.22. The van der Waals surface area contributed by atoms with Crippen LogP contribution < -0.4 is 5.32 Å². The first kappa shape index (κ1) is 14.4. The highest BCUT2D eigenvalue weighted by Crippen LogP contribution is 2.22. The molecule has 0 bridgehead atoms. The van der Waals surface area contributed by atoms with Gasteiger partial charge in [-0.25, -0.2) is 0 Å². The molecule has 0 aliphatic heterocycles. The molecular weight excluding hydrogens is 401 g/mol. The maximum absolute atomic E-state index is 11.7. The molecule has 0 spiro atoms. The molecule has 2 nitrogen and oxygen atoms in total. The fourth-order valence-corrected chi connectivity index (χ4v) is 3.32. The largest absolute Gasteiger partial charge is 0.351 e. The van der Waals surface area contributed by atoms with Gasteiger partial charge < -0.3 is 5.32 Å². The zero-order chi connectivity index (χ0) is 11.8. The molecule has 0 aliphatic rings. The number of carbonyl (C=O) groups is 1. The molecule has 0 aliphatic carbocycles. The second kappa shape index (κ2) is 8.47. The van der Waals surface area contributed by atoms with Gasteiger partial charge in [-0.2, -0.15) is 0 Å². The van der Waals surface area contributed by atoms with Crippen LogP contribution in [-0.4, -0.2) is 16.9 Å². The van der Waals surface area contributed by atoms with Gasteiger partial charge in [0.25, 0.3) is 5.91 Å². The molecule has 1 N–H and O–H groups in total. The van der Waals surface area contributed by atoms with Crippen molar-refractivity contribution in [1.82, 2.24) is 5.32 Å². The fourth-order valence-electron chi connectivity index (χ4n) is 1.31. The quantitative estimate of drug-likeness (QED) is 0.403. The second-order valence-corrected chi connectivity index (χ2v) is 6.31. The molecule has 5 heteroatoms. The Hall–Kier alpha value is 0.380. The van der Waals surface area contributed by atoms with Crippen LogP contribution in [0.3, 0.4) is 0 Å². The summed E-state index contributed by atoms with van der Waals surface area (Å²) in [6, 6.07) is 1.90. The summed E-state index contributed by atoms with van der Waals surface area (Å²) in [7, 11) is 0. The van der Waals surface area contributed by atoms with Gasteiger partial charge >= 0.3 is 0 Å². The predicted octanol–water partition coefficient (Wildman–Crippen LogP) is 4.24. The average molecular weight is 416 g/mol. The van der Waals surface area contributed by atoms with E-state index in [0.29, 0.717) is 0 Å². The number of unbranched alkanes of at least 4 members (excludes halogenated alkanes) is 3. The van der Waals surface area contributed by atoms with Gasteiger partial charge in [0.1, 0.15) is 4.88 Å². The molecule has 16 heavy (non-hydrogen) atoms. The molecule has 1 aromatic rings. The van der Waals surface area contributed by atoms with Crippen molar-refractivity contribution < 1.29 is 4.79 Å². The smallest absolute Gasteiger partial charge is 0.262 e. The number of rotatable bonds is 7. The number of nitrogens with one attached hydrogen (secondary N) is 1. The summed E-state index contributed by atoms with van der Waals surface area (Å²) in [4.78, 5) is 12.5. The second-order valence-electron chi connectivity index (χ2n) is 3.46. The Morgan fingerprint density at radius 3 is 2.75 bits per heavy atom.